The topological polar surface area (TPSA) is 55.1 Å². The number of carbonyl (C=O) groups excluding carboxylic acids is 1. The standard InChI is InChI=1S/C19H14F2N2O2/c20-14-2-1-3-15(21)13(14)7-9-18(24)22-12-6-8-17-16(10-12)23-19(25-17)11-4-5-11/h1-3,6-11H,4-5H2,(H,22,24). The van der Waals surface area contributed by atoms with E-state index in [1.54, 1.807) is 18.2 Å². The van der Waals surface area contributed by atoms with Crippen LogP contribution in [0.25, 0.3) is 17.2 Å². The van der Waals surface area contributed by atoms with Crippen LogP contribution in [0.15, 0.2) is 46.9 Å². The average Bonchev–Trinajstić information content (AvgIpc) is 3.34. The van der Waals surface area contributed by atoms with Gasteiger partial charge in [0, 0.05) is 23.2 Å². The minimum Gasteiger partial charge on any atom is -0.440 e. The molecule has 0 radical (unpaired) electrons. The van der Waals surface area contributed by atoms with Crippen LogP contribution in [0, 0.1) is 11.6 Å². The van der Waals surface area contributed by atoms with Gasteiger partial charge in [-0.2, -0.15) is 0 Å². The van der Waals surface area contributed by atoms with Crippen LogP contribution in [0.2, 0.25) is 0 Å². The highest BCUT2D eigenvalue weighted by Gasteiger charge is 2.28. The Morgan fingerprint density at radius 1 is 1.20 bits per heavy atom. The molecule has 2 aromatic carbocycles. The van der Waals surface area contributed by atoms with Crippen LogP contribution >= 0.6 is 0 Å². The molecule has 1 fully saturated rings. The number of anilines is 1. The fourth-order valence-electron chi connectivity index (χ4n) is 2.54. The van der Waals surface area contributed by atoms with E-state index in [1.807, 2.05) is 0 Å². The molecule has 0 atom stereocenters. The third-order valence-electron chi connectivity index (χ3n) is 4.00. The van der Waals surface area contributed by atoms with Crippen LogP contribution in [-0.4, -0.2) is 10.9 Å². The van der Waals surface area contributed by atoms with Crippen molar-refractivity contribution in [2.24, 2.45) is 0 Å². The smallest absolute Gasteiger partial charge is 0.248 e. The lowest BCUT2D eigenvalue weighted by Crippen LogP contribution is -2.07. The zero-order chi connectivity index (χ0) is 17.4. The summed E-state index contributed by atoms with van der Waals surface area (Å²) in [6.45, 7) is 0. The second kappa shape index (κ2) is 6.12. The maximum atomic E-state index is 13.5. The second-order valence-corrected chi connectivity index (χ2v) is 5.97. The van der Waals surface area contributed by atoms with Crippen molar-refractivity contribution < 1.29 is 18.0 Å². The first kappa shape index (κ1) is 15.5. The van der Waals surface area contributed by atoms with E-state index in [0.717, 1.165) is 43.0 Å². The molecule has 1 aliphatic carbocycles. The van der Waals surface area contributed by atoms with Crippen LogP contribution in [-0.2, 0) is 4.79 Å². The number of amides is 1. The molecule has 0 spiro atoms. The van der Waals surface area contributed by atoms with Crippen molar-refractivity contribution in [3.05, 3.63) is 65.6 Å². The lowest BCUT2D eigenvalue weighted by molar-refractivity contribution is -0.111. The van der Waals surface area contributed by atoms with Gasteiger partial charge in [0.1, 0.15) is 17.2 Å². The molecule has 4 nitrogen and oxygen atoms in total. The number of fused-ring (bicyclic) bond motifs is 1. The number of nitrogens with one attached hydrogen (secondary N) is 1. The summed E-state index contributed by atoms with van der Waals surface area (Å²) in [7, 11) is 0. The molecule has 0 unspecified atom stereocenters. The lowest BCUT2D eigenvalue weighted by atomic mass is 10.2. The van der Waals surface area contributed by atoms with Gasteiger partial charge >= 0.3 is 0 Å². The quantitative estimate of drug-likeness (QED) is 0.704. The van der Waals surface area contributed by atoms with Crippen molar-refractivity contribution >= 4 is 28.8 Å². The first-order valence-electron chi connectivity index (χ1n) is 7.94. The van der Waals surface area contributed by atoms with Gasteiger partial charge in [-0.05, 0) is 49.2 Å². The Morgan fingerprint density at radius 3 is 2.68 bits per heavy atom. The third kappa shape index (κ3) is 3.28. The van der Waals surface area contributed by atoms with Crippen LogP contribution in [0.3, 0.4) is 0 Å². The van der Waals surface area contributed by atoms with E-state index in [9.17, 15) is 13.6 Å². The van der Waals surface area contributed by atoms with E-state index in [-0.39, 0.29) is 5.56 Å². The van der Waals surface area contributed by atoms with Crippen molar-refractivity contribution in [3.63, 3.8) is 0 Å². The number of aromatic nitrogens is 1. The Hall–Kier alpha value is -3.02. The number of hydrogen-bond donors (Lipinski definition) is 1. The minimum absolute atomic E-state index is 0.251. The molecule has 3 aromatic rings. The van der Waals surface area contributed by atoms with Crippen LogP contribution < -0.4 is 5.32 Å². The van der Waals surface area contributed by atoms with Gasteiger partial charge in [0.25, 0.3) is 0 Å². The molecule has 0 bridgehead atoms. The summed E-state index contributed by atoms with van der Waals surface area (Å²) in [6.07, 6.45) is 4.38. The van der Waals surface area contributed by atoms with Crippen molar-refractivity contribution in [2.75, 3.05) is 5.32 Å². The zero-order valence-electron chi connectivity index (χ0n) is 13.1. The molecule has 1 heterocycles. The second-order valence-electron chi connectivity index (χ2n) is 5.97. The SMILES string of the molecule is O=C(C=Cc1c(F)cccc1F)Nc1ccc2oc(C3CC3)nc2c1. The Morgan fingerprint density at radius 2 is 1.96 bits per heavy atom. The van der Waals surface area contributed by atoms with Gasteiger partial charge in [0.2, 0.25) is 5.91 Å². The Kier molecular flexibility index (Phi) is 3.80. The maximum absolute atomic E-state index is 13.5. The summed E-state index contributed by atoms with van der Waals surface area (Å²) in [5, 5.41) is 2.65. The van der Waals surface area contributed by atoms with Crippen molar-refractivity contribution in [2.45, 2.75) is 18.8 Å². The molecule has 1 amide bonds. The van der Waals surface area contributed by atoms with Crippen molar-refractivity contribution in [1.29, 1.82) is 0 Å². The summed E-state index contributed by atoms with van der Waals surface area (Å²) in [5.74, 6) is -0.799. The molecule has 1 aliphatic rings. The van der Waals surface area contributed by atoms with Gasteiger partial charge in [-0.25, -0.2) is 13.8 Å². The van der Waals surface area contributed by atoms with Crippen LogP contribution in [0.4, 0.5) is 14.5 Å². The highest BCUT2D eigenvalue weighted by Crippen LogP contribution is 2.40. The maximum Gasteiger partial charge on any atom is 0.248 e. The fraction of sp³-hybridized carbons (Fsp3) is 0.158. The third-order valence-corrected chi connectivity index (χ3v) is 4.00. The number of carbonyl (C=O) groups is 1. The molecule has 4 rings (SSSR count). The fourth-order valence-corrected chi connectivity index (χ4v) is 2.54. The molecule has 0 aliphatic heterocycles. The van der Waals surface area contributed by atoms with Gasteiger partial charge in [0.05, 0.1) is 0 Å². The van der Waals surface area contributed by atoms with Gasteiger partial charge in [-0.15, -0.1) is 0 Å². The van der Waals surface area contributed by atoms with E-state index in [1.165, 1.54) is 6.07 Å². The van der Waals surface area contributed by atoms with Crippen molar-refractivity contribution in [3.8, 4) is 0 Å². The summed E-state index contributed by atoms with van der Waals surface area (Å²) in [5.41, 5.74) is 1.62. The molecule has 0 saturated heterocycles. The normalized spacial score (nSPS) is 14.3. The molecule has 1 N–H and O–H groups in total. The van der Waals surface area contributed by atoms with Gasteiger partial charge in [-0.3, -0.25) is 4.79 Å². The minimum atomic E-state index is -0.722. The van der Waals surface area contributed by atoms with Crippen LogP contribution in [0.1, 0.15) is 30.2 Å². The molecular formula is C19H14F2N2O2. The number of oxazole rings is 1. The Balaban J connectivity index is 1.50. The monoisotopic (exact) mass is 340 g/mol. The highest BCUT2D eigenvalue weighted by molar-refractivity contribution is 6.02. The molecule has 25 heavy (non-hydrogen) atoms. The summed E-state index contributed by atoms with van der Waals surface area (Å²) in [4.78, 5) is 16.4. The molecular weight excluding hydrogens is 326 g/mol. The largest absolute Gasteiger partial charge is 0.440 e. The first-order valence-corrected chi connectivity index (χ1v) is 7.94. The van der Waals surface area contributed by atoms with Crippen LogP contribution in [0.5, 0.6) is 0 Å². The number of hydrogen-bond acceptors (Lipinski definition) is 3. The van der Waals surface area contributed by atoms with E-state index < -0.39 is 17.5 Å². The van der Waals surface area contributed by atoms with E-state index >= 15 is 0 Å². The predicted molar refractivity (Wildman–Crippen MR) is 90.0 cm³/mol. The number of nitrogens with zero attached hydrogens (tertiary/aromatic N) is 1. The average molecular weight is 340 g/mol. The molecule has 1 saturated carbocycles. The van der Waals surface area contributed by atoms with E-state index in [0.29, 0.717) is 22.7 Å². The molecule has 1 aromatic heterocycles. The van der Waals surface area contributed by atoms with Gasteiger partial charge < -0.3 is 9.73 Å². The predicted octanol–water partition coefficient (Wildman–Crippen LogP) is 4.64. The Labute approximate surface area is 142 Å². The van der Waals surface area contributed by atoms with E-state index in [4.69, 9.17) is 4.42 Å². The van der Waals surface area contributed by atoms with Gasteiger partial charge in [0.15, 0.2) is 11.5 Å². The molecule has 6 heteroatoms. The van der Waals surface area contributed by atoms with Gasteiger partial charge in [-0.1, -0.05) is 6.07 Å². The zero-order valence-corrected chi connectivity index (χ0v) is 13.1. The highest BCUT2D eigenvalue weighted by atomic mass is 19.1. The Bertz CT molecular complexity index is 970. The van der Waals surface area contributed by atoms with Crippen molar-refractivity contribution in [1.82, 2.24) is 4.98 Å². The number of benzene rings is 2. The lowest BCUT2D eigenvalue weighted by Gasteiger charge is -2.02. The summed E-state index contributed by atoms with van der Waals surface area (Å²) < 4.78 is 32.7. The summed E-state index contributed by atoms with van der Waals surface area (Å²) in [6, 6.07) is 8.68. The molecule has 126 valence electrons. The first-order chi connectivity index (χ1) is 12.1. The number of rotatable bonds is 4. The van der Waals surface area contributed by atoms with E-state index in [2.05, 4.69) is 10.3 Å². The number of halogens is 2. The summed E-state index contributed by atoms with van der Waals surface area (Å²) >= 11 is 0.